The number of hydrogen-bond acceptors (Lipinski definition) is 10. The third kappa shape index (κ3) is 6.78. The third-order valence-electron chi connectivity index (χ3n) is 11.4. The first-order valence-electron chi connectivity index (χ1n) is 18.5. The van der Waals surface area contributed by atoms with E-state index in [1.54, 1.807) is 18.2 Å². The van der Waals surface area contributed by atoms with Gasteiger partial charge in [0.05, 0.1) is 42.3 Å². The van der Waals surface area contributed by atoms with E-state index >= 15 is 4.39 Å². The van der Waals surface area contributed by atoms with E-state index in [-0.39, 0.29) is 29.7 Å². The van der Waals surface area contributed by atoms with Crippen LogP contribution in [0.1, 0.15) is 60.8 Å². The molecule has 13 nitrogen and oxygen atoms in total. The molecule has 0 spiro atoms. The Morgan fingerprint density at radius 3 is 2.74 bits per heavy atom. The summed E-state index contributed by atoms with van der Waals surface area (Å²) in [4.78, 5) is 16.6. The number of anilines is 2. The number of aromatic nitrogens is 4. The highest BCUT2D eigenvalue weighted by Gasteiger charge is 2.49. The molecule has 2 aromatic heterocycles. The van der Waals surface area contributed by atoms with Crippen molar-refractivity contribution in [3.63, 3.8) is 0 Å². The quantitative estimate of drug-likeness (QED) is 0.245. The first kappa shape index (κ1) is 35.9. The number of aromatic hydroxyl groups is 1. The van der Waals surface area contributed by atoms with Gasteiger partial charge in [0.25, 0.3) is 10.2 Å². The van der Waals surface area contributed by atoms with Crippen LogP contribution >= 0.6 is 0 Å². The van der Waals surface area contributed by atoms with Crippen LogP contribution in [0.3, 0.4) is 0 Å². The second kappa shape index (κ2) is 13.9. The van der Waals surface area contributed by atoms with Crippen molar-refractivity contribution in [3.05, 3.63) is 64.4 Å². The molecule has 0 bridgehead atoms. The SMILES string of the molecule is CCc1c(F)ccc2cc(O)cc(N3CCc4c(nc(OC[C@@]56CCCN5C[C@H](F)C6)nc4N4CCCn5nc(CNS(=O)(=O)N(C)C)cc5C4)C3)c12. The average Bonchev–Trinajstić information content (AvgIpc) is 3.75. The zero-order valence-corrected chi connectivity index (χ0v) is 31.3. The van der Waals surface area contributed by atoms with Gasteiger partial charge in [-0.2, -0.15) is 32.5 Å². The smallest absolute Gasteiger partial charge is 0.318 e. The van der Waals surface area contributed by atoms with E-state index in [1.807, 2.05) is 17.7 Å². The number of rotatable bonds is 10. The van der Waals surface area contributed by atoms with Crippen LogP contribution in [-0.2, 0) is 49.2 Å². The summed E-state index contributed by atoms with van der Waals surface area (Å²) in [6.07, 6.45) is 3.31. The maximum absolute atomic E-state index is 15.1. The molecule has 0 amide bonds. The van der Waals surface area contributed by atoms with Crippen LogP contribution < -0.4 is 19.3 Å². The largest absolute Gasteiger partial charge is 0.508 e. The highest BCUT2D eigenvalue weighted by Crippen LogP contribution is 2.42. The van der Waals surface area contributed by atoms with Gasteiger partial charge in [-0.15, -0.1) is 0 Å². The first-order chi connectivity index (χ1) is 25.4. The standard InChI is InChI=1S/C37H47F2N9O4S/c1-4-29-31(39)8-7-24-15-28(49)17-33(34(24)29)45-14-9-30-32(22-45)41-36(52-23-37-10-5-12-47(37)20-25(38)18-37)42-35(30)46-11-6-13-48-27(21-46)16-26(43-48)19-40-53(50,51)44(2)3/h7-8,15-17,25,40,49H,4-6,9-14,18-23H2,1-3H3/t25-,37+/m1/s1. The molecule has 0 radical (unpaired) electrons. The molecule has 0 aliphatic carbocycles. The van der Waals surface area contributed by atoms with Gasteiger partial charge in [0, 0.05) is 69.4 Å². The molecular weight excluding hydrogens is 705 g/mol. The van der Waals surface area contributed by atoms with Crippen molar-refractivity contribution < 1.29 is 27.0 Å². The molecule has 4 aliphatic heterocycles. The molecule has 0 saturated carbocycles. The fourth-order valence-corrected chi connectivity index (χ4v) is 9.31. The maximum Gasteiger partial charge on any atom is 0.318 e. The lowest BCUT2D eigenvalue weighted by molar-refractivity contribution is 0.107. The minimum Gasteiger partial charge on any atom is -0.508 e. The Labute approximate surface area is 308 Å². The zero-order chi connectivity index (χ0) is 37.1. The topological polar surface area (TPSA) is 132 Å². The Bertz CT molecular complexity index is 2150. The van der Waals surface area contributed by atoms with Crippen molar-refractivity contribution in [2.75, 3.05) is 56.7 Å². The van der Waals surface area contributed by atoms with E-state index in [9.17, 15) is 17.9 Å². The predicted molar refractivity (Wildman–Crippen MR) is 198 cm³/mol. The minimum atomic E-state index is -3.61. The first-order valence-corrected chi connectivity index (χ1v) is 20.0. The molecule has 2 fully saturated rings. The number of ether oxygens (including phenoxy) is 1. The molecule has 4 aromatic rings. The van der Waals surface area contributed by atoms with Crippen molar-refractivity contribution in [2.45, 2.75) is 83.3 Å². The van der Waals surface area contributed by atoms with Crippen LogP contribution in [0.5, 0.6) is 11.8 Å². The number of nitrogens with zero attached hydrogens (tertiary/aromatic N) is 8. The lowest BCUT2D eigenvalue weighted by Crippen LogP contribution is -2.43. The number of phenols is 1. The number of alkyl halides is 1. The number of halogens is 2. The van der Waals surface area contributed by atoms with Crippen molar-refractivity contribution in [1.29, 1.82) is 0 Å². The minimum absolute atomic E-state index is 0.0725. The van der Waals surface area contributed by atoms with E-state index in [0.717, 1.165) is 69.3 Å². The monoisotopic (exact) mass is 751 g/mol. The summed E-state index contributed by atoms with van der Waals surface area (Å²) in [6.45, 7) is 6.44. The molecule has 2 aromatic carbocycles. The van der Waals surface area contributed by atoms with E-state index < -0.39 is 16.4 Å². The Hall–Kier alpha value is -4.12. The summed E-state index contributed by atoms with van der Waals surface area (Å²) >= 11 is 0. The highest BCUT2D eigenvalue weighted by atomic mass is 32.2. The lowest BCUT2D eigenvalue weighted by Gasteiger charge is -2.35. The Kier molecular flexibility index (Phi) is 9.44. The summed E-state index contributed by atoms with van der Waals surface area (Å²) in [7, 11) is -0.653. The fourth-order valence-electron chi connectivity index (χ4n) is 8.72. The number of nitrogens with one attached hydrogen (secondary N) is 1. The van der Waals surface area contributed by atoms with Gasteiger partial charge in [0.15, 0.2) is 0 Å². The molecule has 284 valence electrons. The summed E-state index contributed by atoms with van der Waals surface area (Å²) in [5, 5.41) is 17.0. The van der Waals surface area contributed by atoms with Gasteiger partial charge < -0.3 is 19.6 Å². The predicted octanol–water partition coefficient (Wildman–Crippen LogP) is 4.06. The molecule has 4 aliphatic rings. The van der Waals surface area contributed by atoms with Crippen LogP contribution in [0.25, 0.3) is 10.8 Å². The lowest BCUT2D eigenvalue weighted by atomic mass is 9.95. The van der Waals surface area contributed by atoms with Gasteiger partial charge in [0.1, 0.15) is 30.2 Å². The van der Waals surface area contributed by atoms with Crippen molar-refractivity contribution in [1.82, 2.24) is 33.7 Å². The van der Waals surface area contributed by atoms with Crippen LogP contribution in [-0.4, -0.2) is 101 Å². The van der Waals surface area contributed by atoms with E-state index in [4.69, 9.17) is 19.8 Å². The molecule has 2 N–H and O–H groups in total. The molecule has 0 unspecified atom stereocenters. The molecule has 2 saturated heterocycles. The van der Waals surface area contributed by atoms with Gasteiger partial charge >= 0.3 is 6.01 Å². The van der Waals surface area contributed by atoms with E-state index in [1.165, 1.54) is 20.2 Å². The highest BCUT2D eigenvalue weighted by molar-refractivity contribution is 7.87. The number of hydrogen-bond donors (Lipinski definition) is 2. The number of aryl methyl sites for hydroxylation is 2. The Morgan fingerprint density at radius 1 is 1.08 bits per heavy atom. The number of benzene rings is 2. The summed E-state index contributed by atoms with van der Waals surface area (Å²) in [5.41, 5.74) is 4.34. The maximum atomic E-state index is 15.1. The zero-order valence-electron chi connectivity index (χ0n) is 30.5. The van der Waals surface area contributed by atoms with Crippen LogP contribution in [0.4, 0.5) is 20.3 Å². The summed E-state index contributed by atoms with van der Waals surface area (Å²) < 4.78 is 66.6. The van der Waals surface area contributed by atoms with Crippen LogP contribution in [0.15, 0.2) is 30.3 Å². The second-order valence-corrected chi connectivity index (χ2v) is 16.9. The Balaban J connectivity index is 1.14. The van der Waals surface area contributed by atoms with Crippen LogP contribution in [0.2, 0.25) is 0 Å². The van der Waals surface area contributed by atoms with Crippen LogP contribution in [0, 0.1) is 5.82 Å². The molecular formula is C37H47F2N9O4S. The molecule has 8 rings (SSSR count). The van der Waals surface area contributed by atoms with Crippen molar-refractivity contribution >= 4 is 32.5 Å². The molecule has 6 heterocycles. The molecule has 2 atom stereocenters. The summed E-state index contributed by atoms with van der Waals surface area (Å²) in [5.74, 6) is 0.606. The number of phenolic OH excluding ortho intramolecular Hbond substituents is 1. The molecule has 53 heavy (non-hydrogen) atoms. The normalized spacial score (nSPS) is 22.0. The van der Waals surface area contributed by atoms with Gasteiger partial charge in [-0.1, -0.05) is 13.0 Å². The summed E-state index contributed by atoms with van der Waals surface area (Å²) in [6, 6.07) is 8.71. The van der Waals surface area contributed by atoms with Gasteiger partial charge in [0.2, 0.25) is 0 Å². The van der Waals surface area contributed by atoms with Gasteiger partial charge in [-0.3, -0.25) is 9.58 Å². The third-order valence-corrected chi connectivity index (χ3v) is 12.8. The van der Waals surface area contributed by atoms with Crippen molar-refractivity contribution in [3.8, 4) is 11.8 Å². The molecule has 16 heteroatoms. The van der Waals surface area contributed by atoms with E-state index in [0.29, 0.717) is 76.4 Å². The van der Waals surface area contributed by atoms with E-state index in [2.05, 4.69) is 19.4 Å². The fraction of sp³-hybridized carbons (Fsp3) is 0.541. The van der Waals surface area contributed by atoms with Crippen molar-refractivity contribution in [2.24, 2.45) is 0 Å². The second-order valence-electron chi connectivity index (χ2n) is 15.0. The number of fused-ring (bicyclic) bond motifs is 4. The van der Waals surface area contributed by atoms with Gasteiger partial charge in [-0.25, -0.2) is 8.78 Å². The Morgan fingerprint density at radius 2 is 1.92 bits per heavy atom. The van der Waals surface area contributed by atoms with Gasteiger partial charge in [-0.05, 0) is 67.8 Å². The average molecular weight is 752 g/mol.